The van der Waals surface area contributed by atoms with Gasteiger partial charge in [-0.1, -0.05) is 26.0 Å². The standard InChI is InChI=1S/C42H55N5O16/c1-17(2)11-23(46-41(59)24(15-48)47-39(57)21(44-4)9-10-28(43)51)40(58)45-22-12-29(62-18(3)34(22)52)63-26-14-42(60,27(50)16-49)13-20-31(26)38(56)33-32(36(20)54)35(53)19-7-6-8-25(61-5)30(19)37(33)55/h6-8,17-18,21-24,26,29,34,44,48-49,52,54,56,60H,9-16H2,1-5H3,(H2,43,51)(H,45,58)(H,46,59)(H,47,57)/t18?,21-,22?,23-,24?,26?,29?,34?,42-/m0/s1. The maximum absolute atomic E-state index is 14.0. The molecule has 21 nitrogen and oxygen atoms in total. The lowest BCUT2D eigenvalue weighted by Gasteiger charge is -2.43. The number of phenols is 2. The van der Waals surface area contributed by atoms with Crippen LogP contribution in [0.4, 0.5) is 0 Å². The van der Waals surface area contributed by atoms with Gasteiger partial charge in [0.2, 0.25) is 29.4 Å². The Kier molecular flexibility index (Phi) is 15.3. The van der Waals surface area contributed by atoms with Crippen molar-refractivity contribution >= 4 is 41.0 Å². The van der Waals surface area contributed by atoms with Crippen molar-refractivity contribution in [2.45, 2.75) is 114 Å². The van der Waals surface area contributed by atoms with Crippen LogP contribution >= 0.6 is 0 Å². The van der Waals surface area contributed by atoms with Gasteiger partial charge in [-0.3, -0.25) is 33.6 Å². The van der Waals surface area contributed by atoms with Gasteiger partial charge >= 0.3 is 0 Å². The van der Waals surface area contributed by atoms with Crippen LogP contribution in [-0.2, 0) is 39.9 Å². The van der Waals surface area contributed by atoms with Crippen LogP contribution in [0.5, 0.6) is 17.2 Å². The summed E-state index contributed by atoms with van der Waals surface area (Å²) in [7, 11) is 2.74. The average Bonchev–Trinajstić information content (AvgIpc) is 3.23. The fourth-order valence-electron chi connectivity index (χ4n) is 8.28. The van der Waals surface area contributed by atoms with Crippen LogP contribution in [0.25, 0.3) is 0 Å². The van der Waals surface area contributed by atoms with Gasteiger partial charge in [-0.25, -0.2) is 0 Å². The number of ketones is 3. The van der Waals surface area contributed by atoms with Gasteiger partial charge in [-0.15, -0.1) is 0 Å². The van der Waals surface area contributed by atoms with Crippen molar-refractivity contribution in [1.82, 2.24) is 21.3 Å². The Balaban J connectivity index is 1.41. The van der Waals surface area contributed by atoms with Crippen LogP contribution in [0, 0.1) is 5.92 Å². The van der Waals surface area contributed by atoms with E-state index >= 15 is 0 Å². The van der Waals surface area contributed by atoms with Gasteiger partial charge in [-0.05, 0) is 38.8 Å². The predicted octanol–water partition coefficient (Wildman–Crippen LogP) is -1.98. The largest absolute Gasteiger partial charge is 0.507 e. The molecular weight excluding hydrogens is 830 g/mol. The molecule has 0 saturated carbocycles. The fourth-order valence-corrected chi connectivity index (χ4v) is 8.28. The zero-order chi connectivity index (χ0) is 46.7. The number of likely N-dealkylation sites (N-methyl/N-ethyl adjacent to an activating group) is 1. The first-order chi connectivity index (χ1) is 29.7. The number of methoxy groups -OCH3 is 1. The van der Waals surface area contributed by atoms with Crippen LogP contribution in [-0.4, -0.2) is 147 Å². The van der Waals surface area contributed by atoms with Crippen LogP contribution in [0.2, 0.25) is 0 Å². The van der Waals surface area contributed by atoms with Gasteiger partial charge in [0.25, 0.3) is 0 Å². The Morgan fingerprint density at radius 1 is 0.952 bits per heavy atom. The zero-order valence-corrected chi connectivity index (χ0v) is 35.4. The number of carbonyl (C=O) groups is 7. The Morgan fingerprint density at radius 3 is 2.21 bits per heavy atom. The summed E-state index contributed by atoms with van der Waals surface area (Å²) in [6.07, 6.45) is -7.12. The molecule has 21 heteroatoms. The van der Waals surface area contributed by atoms with E-state index in [-0.39, 0.29) is 59.6 Å². The lowest BCUT2D eigenvalue weighted by molar-refractivity contribution is -0.249. The van der Waals surface area contributed by atoms with Gasteiger partial charge in [0.1, 0.15) is 47.6 Å². The molecule has 1 saturated heterocycles. The summed E-state index contributed by atoms with van der Waals surface area (Å²) < 4.78 is 17.5. The van der Waals surface area contributed by atoms with Crippen LogP contribution in [0.15, 0.2) is 18.2 Å². The van der Waals surface area contributed by atoms with Gasteiger partial charge in [0.05, 0.1) is 54.7 Å². The monoisotopic (exact) mass is 885 g/mol. The van der Waals surface area contributed by atoms with Crippen molar-refractivity contribution in [3.63, 3.8) is 0 Å². The Hall–Kier alpha value is -5.55. The van der Waals surface area contributed by atoms with E-state index in [0.717, 1.165) is 0 Å². The number of hydrogen-bond donors (Lipinski definition) is 11. The number of nitrogens with one attached hydrogen (secondary N) is 4. The molecule has 12 N–H and O–H groups in total. The number of amides is 4. The number of aliphatic hydroxyl groups is 4. The first-order valence-corrected chi connectivity index (χ1v) is 20.4. The highest BCUT2D eigenvalue weighted by atomic mass is 16.7. The highest BCUT2D eigenvalue weighted by molar-refractivity contribution is 6.31. The van der Waals surface area contributed by atoms with E-state index in [4.69, 9.17) is 19.9 Å². The number of benzene rings is 2. The number of aliphatic hydroxyl groups excluding tert-OH is 3. The molecule has 2 aliphatic carbocycles. The Bertz CT molecular complexity index is 2150. The highest BCUT2D eigenvalue weighted by Crippen LogP contribution is 2.52. The van der Waals surface area contributed by atoms with Crippen molar-refractivity contribution in [1.29, 1.82) is 0 Å². The van der Waals surface area contributed by atoms with Gasteiger partial charge in [0, 0.05) is 42.4 Å². The van der Waals surface area contributed by atoms with Crippen molar-refractivity contribution in [3.05, 3.63) is 51.6 Å². The lowest BCUT2D eigenvalue weighted by atomic mass is 9.72. The SMILES string of the molecule is CN[C@@H](CCC(N)=O)C(=O)NC(CO)C(=O)N[C@@H](CC(C)C)C(=O)NC1CC(OC2C[C@](O)(C(=O)CO)Cc3c(O)c4c(c(O)c32)C(=O)c2c(OC)cccc2C4=O)OC(C)C1O. The Morgan fingerprint density at radius 2 is 1.60 bits per heavy atom. The van der Waals surface area contributed by atoms with E-state index in [1.165, 1.54) is 39.3 Å². The fraction of sp³-hybridized carbons (Fsp3) is 0.548. The second-order valence-electron chi connectivity index (χ2n) is 16.4. The molecule has 0 aromatic heterocycles. The summed E-state index contributed by atoms with van der Waals surface area (Å²) in [4.78, 5) is 92.2. The molecule has 0 radical (unpaired) electrons. The maximum atomic E-state index is 14.0. The van der Waals surface area contributed by atoms with E-state index in [0.29, 0.717) is 0 Å². The molecule has 344 valence electrons. The minimum absolute atomic E-state index is 0.0121. The second-order valence-corrected chi connectivity index (χ2v) is 16.4. The van der Waals surface area contributed by atoms with Gasteiger partial charge in [-0.2, -0.15) is 0 Å². The summed E-state index contributed by atoms with van der Waals surface area (Å²) in [6, 6.07) is -0.618. The summed E-state index contributed by atoms with van der Waals surface area (Å²) in [5.74, 6) is -7.61. The minimum atomic E-state index is -2.42. The number of phenolic OH excluding ortho intramolecular Hbond substituents is 2. The number of carbonyl (C=O) groups excluding carboxylic acids is 7. The van der Waals surface area contributed by atoms with Crippen molar-refractivity contribution < 1.29 is 78.4 Å². The molecule has 5 rings (SSSR count). The van der Waals surface area contributed by atoms with E-state index in [2.05, 4.69) is 21.3 Å². The number of ether oxygens (including phenoxy) is 3. The smallest absolute Gasteiger partial charge is 0.245 e. The molecule has 2 aromatic carbocycles. The van der Waals surface area contributed by atoms with Crippen LogP contribution in [0.1, 0.15) is 102 Å². The van der Waals surface area contributed by atoms with Gasteiger partial charge < -0.3 is 71.9 Å². The van der Waals surface area contributed by atoms with Gasteiger partial charge in [0.15, 0.2) is 17.9 Å². The molecule has 1 fully saturated rings. The Labute approximate surface area is 361 Å². The normalized spacial score (nSPS) is 24.3. The first-order valence-electron chi connectivity index (χ1n) is 20.4. The molecular formula is C42H55N5O16. The molecule has 3 aliphatic rings. The lowest BCUT2D eigenvalue weighted by Crippen LogP contribution is -2.61. The number of hydrogen-bond acceptors (Lipinski definition) is 17. The number of fused-ring (bicyclic) bond motifs is 3. The minimum Gasteiger partial charge on any atom is -0.507 e. The third kappa shape index (κ3) is 9.99. The van der Waals surface area contributed by atoms with E-state index < -0.39 is 144 Å². The number of nitrogens with two attached hydrogens (primary N) is 1. The molecule has 1 heterocycles. The second kappa shape index (κ2) is 19.9. The van der Waals surface area contributed by atoms with E-state index in [9.17, 15) is 64.2 Å². The average molecular weight is 886 g/mol. The third-order valence-electron chi connectivity index (χ3n) is 11.6. The molecule has 9 atom stereocenters. The zero-order valence-electron chi connectivity index (χ0n) is 35.4. The maximum Gasteiger partial charge on any atom is 0.245 e. The number of rotatable bonds is 18. The highest BCUT2D eigenvalue weighted by Gasteiger charge is 2.50. The van der Waals surface area contributed by atoms with E-state index in [1.807, 2.05) is 0 Å². The molecule has 4 amide bonds. The molecule has 0 spiro atoms. The van der Waals surface area contributed by atoms with Crippen LogP contribution in [0.3, 0.4) is 0 Å². The summed E-state index contributed by atoms with van der Waals surface area (Å²) >= 11 is 0. The number of aromatic hydroxyl groups is 2. The summed E-state index contributed by atoms with van der Waals surface area (Å²) in [6.45, 7) is 3.03. The number of primary amides is 1. The molecule has 1 aliphatic heterocycles. The molecule has 2 aromatic rings. The predicted molar refractivity (Wildman–Crippen MR) is 217 cm³/mol. The first kappa shape index (κ1) is 48.5. The van der Waals surface area contributed by atoms with Crippen LogP contribution < -0.4 is 31.7 Å². The summed E-state index contributed by atoms with van der Waals surface area (Å²) in [5, 5.41) is 76.5. The molecule has 6 unspecified atom stereocenters. The topological polar surface area (TPSA) is 343 Å². The quantitative estimate of drug-likeness (QED) is 0.0617. The molecule has 63 heavy (non-hydrogen) atoms. The van der Waals surface area contributed by atoms with E-state index in [1.54, 1.807) is 13.8 Å². The molecule has 0 bridgehead atoms. The van der Waals surface area contributed by atoms with Crippen molar-refractivity contribution in [2.75, 3.05) is 27.4 Å². The number of Topliss-reactive ketones (excluding diaryl/α,β-unsaturated/α-hetero) is 1. The van der Waals surface area contributed by atoms with Crippen molar-refractivity contribution in [3.8, 4) is 17.2 Å². The van der Waals surface area contributed by atoms with Crippen molar-refractivity contribution in [2.24, 2.45) is 11.7 Å². The third-order valence-corrected chi connectivity index (χ3v) is 11.6. The summed E-state index contributed by atoms with van der Waals surface area (Å²) in [5.41, 5.74) is 0.727.